The van der Waals surface area contributed by atoms with Gasteiger partial charge in [-0.25, -0.2) is 9.78 Å². The van der Waals surface area contributed by atoms with E-state index in [1.165, 1.54) is 22.0 Å². The van der Waals surface area contributed by atoms with Gasteiger partial charge in [0.25, 0.3) is 11.8 Å². The molecule has 11 nitrogen and oxygen atoms in total. The molecule has 2 amide bonds. The van der Waals surface area contributed by atoms with E-state index < -0.39 is 29.2 Å². The van der Waals surface area contributed by atoms with E-state index in [-0.39, 0.29) is 22.2 Å². The number of nitrogens with two attached hydrogens (primary N) is 1. The molecule has 0 spiro atoms. The molecule has 13 heteroatoms. The topological polar surface area (TPSA) is 170 Å². The van der Waals surface area contributed by atoms with E-state index in [9.17, 15) is 24.7 Å². The smallest absolute Gasteiger partial charge is 0.352 e. The molecule has 1 saturated heterocycles. The number of carbonyl (C=O) groups is 3. The van der Waals surface area contributed by atoms with Crippen molar-refractivity contribution in [2.24, 2.45) is 5.16 Å². The first kappa shape index (κ1) is 21.8. The van der Waals surface area contributed by atoms with Crippen LogP contribution in [0.4, 0.5) is 5.13 Å². The Balaban J connectivity index is 1.74. The summed E-state index contributed by atoms with van der Waals surface area (Å²) in [5, 5.41) is 28.3. The summed E-state index contributed by atoms with van der Waals surface area (Å²) in [7, 11) is 1.82. The molecule has 2 atom stereocenters. The largest absolute Gasteiger partial charge is 0.477 e. The number of oxime groups is 1. The number of nitrogen functional groups attached to an aromatic ring is 1. The van der Waals surface area contributed by atoms with Crippen LogP contribution in [-0.2, 0) is 14.4 Å². The van der Waals surface area contributed by atoms with Gasteiger partial charge in [0.2, 0.25) is 0 Å². The highest BCUT2D eigenvalue weighted by Gasteiger charge is 2.54. The Hall–Kier alpha value is -2.90. The number of anilines is 1. The molecule has 1 fully saturated rings. The van der Waals surface area contributed by atoms with Gasteiger partial charge in [0.05, 0.1) is 0 Å². The van der Waals surface area contributed by atoms with Crippen LogP contribution in [0.2, 0.25) is 0 Å². The standard InChI is InChI=1S/C17H20N6O5S2/c1-19-5-3-2-4-8-6-29-15-11(14(25)23(15)12(8)16(26)27)21-13(24)10(22-28)9-7-30-17(18)20-9/h2,4,7,11,15,19,28H,3,5-6H2,1H3,(H2,18,20)(H,21,24)(H,26,27)/b4-2+,22-10?/t11-,15-/m1/s1. The Bertz CT molecular complexity index is 956. The van der Waals surface area contributed by atoms with Crippen molar-refractivity contribution >= 4 is 51.7 Å². The highest BCUT2D eigenvalue weighted by atomic mass is 32.2. The lowest BCUT2D eigenvalue weighted by Gasteiger charge is -2.49. The van der Waals surface area contributed by atoms with E-state index in [0.717, 1.165) is 24.3 Å². The summed E-state index contributed by atoms with van der Waals surface area (Å²) in [6, 6.07) is -0.945. The fraction of sp³-hybridized carbons (Fsp3) is 0.353. The number of thioether (sulfide) groups is 1. The maximum atomic E-state index is 12.7. The van der Waals surface area contributed by atoms with Crippen LogP contribution in [-0.4, -0.2) is 74.5 Å². The Morgan fingerprint density at radius 3 is 2.87 bits per heavy atom. The highest BCUT2D eigenvalue weighted by Crippen LogP contribution is 2.40. The SMILES string of the molecule is CNCC/C=C/C1=C(C(=O)O)N2C(=O)[C@@H](NC(=O)C(=NO)c3csc(N)n3)[C@H]2SC1. The zero-order valence-corrected chi connectivity index (χ0v) is 17.5. The van der Waals surface area contributed by atoms with Crippen LogP contribution in [0, 0.1) is 0 Å². The van der Waals surface area contributed by atoms with Crippen LogP contribution in [0.15, 0.2) is 34.0 Å². The van der Waals surface area contributed by atoms with Gasteiger partial charge in [-0.15, -0.1) is 23.1 Å². The fourth-order valence-electron chi connectivity index (χ4n) is 3.04. The fourth-order valence-corrected chi connectivity index (χ4v) is 4.91. The minimum absolute atomic E-state index is 0.0811. The number of aliphatic carboxylic acids is 1. The second-order valence-electron chi connectivity index (χ2n) is 6.35. The molecule has 6 N–H and O–H groups in total. The third-order valence-corrected chi connectivity index (χ3v) is 6.42. The normalized spacial score (nSPS) is 21.6. The van der Waals surface area contributed by atoms with Gasteiger partial charge < -0.3 is 26.7 Å². The molecule has 0 aliphatic carbocycles. The van der Waals surface area contributed by atoms with Gasteiger partial charge in [0, 0.05) is 11.1 Å². The van der Waals surface area contributed by atoms with Gasteiger partial charge in [-0.2, -0.15) is 0 Å². The number of fused-ring (bicyclic) bond motifs is 1. The summed E-state index contributed by atoms with van der Waals surface area (Å²) in [6.45, 7) is 0.748. The minimum atomic E-state index is -1.21. The van der Waals surface area contributed by atoms with Crippen molar-refractivity contribution in [1.29, 1.82) is 0 Å². The lowest BCUT2D eigenvalue weighted by molar-refractivity contribution is -0.150. The lowest BCUT2D eigenvalue weighted by atomic mass is 10.0. The van der Waals surface area contributed by atoms with Crippen molar-refractivity contribution in [2.45, 2.75) is 17.8 Å². The monoisotopic (exact) mass is 452 g/mol. The molecule has 160 valence electrons. The molecule has 2 aliphatic rings. The van der Waals surface area contributed by atoms with Crippen molar-refractivity contribution in [1.82, 2.24) is 20.5 Å². The molecule has 2 aliphatic heterocycles. The first-order valence-corrected chi connectivity index (χ1v) is 10.8. The molecular formula is C17H20N6O5S2. The number of aromatic nitrogens is 1. The van der Waals surface area contributed by atoms with Crippen LogP contribution in [0.1, 0.15) is 12.1 Å². The van der Waals surface area contributed by atoms with E-state index in [4.69, 9.17) is 5.73 Å². The summed E-state index contributed by atoms with van der Waals surface area (Å²) in [4.78, 5) is 42.0. The maximum Gasteiger partial charge on any atom is 0.352 e. The molecule has 1 aromatic rings. The number of β-lactam (4-membered cyclic amide) rings is 1. The maximum absolute atomic E-state index is 12.7. The summed E-state index contributed by atoms with van der Waals surface area (Å²) in [5.41, 5.74) is 5.69. The lowest BCUT2D eigenvalue weighted by Crippen LogP contribution is -2.71. The number of hydrogen-bond donors (Lipinski definition) is 5. The second-order valence-corrected chi connectivity index (χ2v) is 8.35. The first-order valence-electron chi connectivity index (χ1n) is 8.85. The third-order valence-electron chi connectivity index (χ3n) is 4.45. The van der Waals surface area contributed by atoms with Crippen LogP contribution >= 0.6 is 23.1 Å². The summed E-state index contributed by atoms with van der Waals surface area (Å²) < 4.78 is 0. The average Bonchev–Trinajstić information content (AvgIpc) is 3.15. The van der Waals surface area contributed by atoms with Crippen molar-refractivity contribution in [3.63, 3.8) is 0 Å². The predicted molar refractivity (Wildman–Crippen MR) is 112 cm³/mol. The zero-order chi connectivity index (χ0) is 21.8. The molecule has 3 rings (SSSR count). The molecular weight excluding hydrogens is 432 g/mol. The van der Waals surface area contributed by atoms with Crippen molar-refractivity contribution in [3.05, 3.63) is 34.5 Å². The third kappa shape index (κ3) is 4.17. The molecule has 30 heavy (non-hydrogen) atoms. The number of nitrogens with zero attached hydrogens (tertiary/aromatic N) is 3. The zero-order valence-electron chi connectivity index (χ0n) is 15.9. The van der Waals surface area contributed by atoms with Gasteiger partial charge in [0.15, 0.2) is 10.8 Å². The van der Waals surface area contributed by atoms with E-state index in [2.05, 4.69) is 20.8 Å². The Morgan fingerprint density at radius 1 is 1.50 bits per heavy atom. The highest BCUT2D eigenvalue weighted by molar-refractivity contribution is 8.00. The number of nitrogens with one attached hydrogen (secondary N) is 2. The summed E-state index contributed by atoms with van der Waals surface area (Å²) >= 11 is 2.42. The molecule has 0 unspecified atom stereocenters. The van der Waals surface area contributed by atoms with Gasteiger partial charge in [0.1, 0.15) is 22.8 Å². The Kier molecular flexibility index (Phi) is 6.74. The van der Waals surface area contributed by atoms with Crippen LogP contribution in [0.3, 0.4) is 0 Å². The van der Waals surface area contributed by atoms with Crippen molar-refractivity contribution in [3.8, 4) is 0 Å². The van der Waals surface area contributed by atoms with Crippen LogP contribution in [0.5, 0.6) is 0 Å². The van der Waals surface area contributed by atoms with E-state index in [1.807, 2.05) is 13.1 Å². The van der Waals surface area contributed by atoms with Crippen molar-refractivity contribution < 1.29 is 24.7 Å². The number of rotatable bonds is 8. The number of carbonyl (C=O) groups excluding carboxylic acids is 2. The number of hydrogen-bond acceptors (Lipinski definition) is 10. The number of carboxylic acid groups (broad SMARTS) is 1. The molecule has 0 saturated carbocycles. The summed E-state index contributed by atoms with van der Waals surface area (Å²) in [5.74, 6) is -2.18. The minimum Gasteiger partial charge on any atom is -0.477 e. The van der Waals surface area contributed by atoms with Gasteiger partial charge >= 0.3 is 5.97 Å². The van der Waals surface area contributed by atoms with Crippen LogP contribution < -0.4 is 16.4 Å². The van der Waals surface area contributed by atoms with Gasteiger partial charge in [-0.3, -0.25) is 14.5 Å². The van der Waals surface area contributed by atoms with E-state index >= 15 is 0 Å². The van der Waals surface area contributed by atoms with Gasteiger partial charge in [-0.1, -0.05) is 17.3 Å². The quantitative estimate of drug-likeness (QED) is 0.118. The number of thiazole rings is 1. The molecule has 3 heterocycles. The van der Waals surface area contributed by atoms with Crippen LogP contribution in [0.25, 0.3) is 0 Å². The molecule has 0 aromatic carbocycles. The second kappa shape index (κ2) is 9.28. The Labute approximate surface area is 179 Å². The number of carboxylic acids is 1. The first-order chi connectivity index (χ1) is 14.4. The summed E-state index contributed by atoms with van der Waals surface area (Å²) in [6.07, 6.45) is 4.28. The number of allylic oxidation sites excluding steroid dienone is 1. The molecule has 0 bridgehead atoms. The van der Waals surface area contributed by atoms with E-state index in [0.29, 0.717) is 11.3 Å². The number of amides is 2. The predicted octanol–water partition coefficient (Wildman–Crippen LogP) is -0.192. The van der Waals surface area contributed by atoms with Crippen molar-refractivity contribution in [2.75, 3.05) is 25.1 Å². The molecule has 0 radical (unpaired) electrons. The Morgan fingerprint density at radius 2 is 2.27 bits per heavy atom. The van der Waals surface area contributed by atoms with E-state index in [1.54, 1.807) is 6.08 Å². The molecule has 1 aromatic heterocycles. The van der Waals surface area contributed by atoms with Gasteiger partial charge in [-0.05, 0) is 25.6 Å². The average molecular weight is 453 g/mol.